The molecule has 1 aliphatic rings. The van der Waals surface area contributed by atoms with Gasteiger partial charge in [0, 0.05) is 12.0 Å². The lowest BCUT2D eigenvalue weighted by Crippen LogP contribution is -2.18. The maximum Gasteiger partial charge on any atom is 0.360 e. The molecular weight excluding hydrogens is 260 g/mol. The molecule has 1 aromatic heterocycles. The third-order valence-corrected chi connectivity index (χ3v) is 3.26. The van der Waals surface area contributed by atoms with Crippen LogP contribution in [0.1, 0.15) is 23.3 Å². The first-order chi connectivity index (χ1) is 9.75. The predicted molar refractivity (Wildman–Crippen MR) is 71.0 cm³/mol. The molecule has 1 saturated heterocycles. The molecule has 104 valence electrons. The Balaban J connectivity index is 1.96. The van der Waals surface area contributed by atoms with Gasteiger partial charge in [-0.15, -0.1) is 10.2 Å². The van der Waals surface area contributed by atoms with Gasteiger partial charge in [0.2, 0.25) is 5.69 Å². The summed E-state index contributed by atoms with van der Waals surface area (Å²) >= 11 is 0. The standard InChI is InChI=1S/C14H14N2O4/c17-14(18)12-13(20-8-9-4-3-7-19-9)10-5-1-2-6-11(10)15-16-12/h1-2,5-6,9H,3-4,7-8H2,(H,17,18). The number of fused-ring (bicyclic) bond motifs is 1. The quantitative estimate of drug-likeness (QED) is 0.916. The van der Waals surface area contributed by atoms with Gasteiger partial charge in [-0.1, -0.05) is 12.1 Å². The molecule has 1 unspecified atom stereocenters. The molecule has 2 heterocycles. The molecule has 1 fully saturated rings. The monoisotopic (exact) mass is 274 g/mol. The summed E-state index contributed by atoms with van der Waals surface area (Å²) in [7, 11) is 0. The molecule has 1 aliphatic heterocycles. The van der Waals surface area contributed by atoms with Crippen molar-refractivity contribution in [1.82, 2.24) is 10.2 Å². The summed E-state index contributed by atoms with van der Waals surface area (Å²) in [5, 5.41) is 17.5. The maximum atomic E-state index is 11.2. The van der Waals surface area contributed by atoms with E-state index in [1.54, 1.807) is 12.1 Å². The Morgan fingerprint density at radius 1 is 1.40 bits per heavy atom. The van der Waals surface area contributed by atoms with E-state index < -0.39 is 5.97 Å². The average Bonchev–Trinajstić information content (AvgIpc) is 2.97. The number of carbonyl (C=O) groups is 1. The minimum atomic E-state index is -1.15. The molecule has 2 aromatic rings. The van der Waals surface area contributed by atoms with Gasteiger partial charge in [-0.3, -0.25) is 0 Å². The zero-order valence-electron chi connectivity index (χ0n) is 10.8. The fraction of sp³-hybridized carbons (Fsp3) is 0.357. The first-order valence-electron chi connectivity index (χ1n) is 6.49. The number of carboxylic acid groups (broad SMARTS) is 1. The van der Waals surface area contributed by atoms with Gasteiger partial charge >= 0.3 is 5.97 Å². The molecule has 3 rings (SSSR count). The second-order valence-electron chi connectivity index (χ2n) is 4.65. The van der Waals surface area contributed by atoms with Crippen molar-refractivity contribution >= 4 is 16.9 Å². The van der Waals surface area contributed by atoms with Crippen molar-refractivity contribution in [1.29, 1.82) is 0 Å². The maximum absolute atomic E-state index is 11.2. The van der Waals surface area contributed by atoms with E-state index in [9.17, 15) is 9.90 Å². The van der Waals surface area contributed by atoms with E-state index in [1.165, 1.54) is 0 Å². The van der Waals surface area contributed by atoms with Crippen LogP contribution in [0.3, 0.4) is 0 Å². The minimum absolute atomic E-state index is 0.0172. The SMILES string of the molecule is O=C(O)c1nnc2ccccc2c1OCC1CCCO1. The van der Waals surface area contributed by atoms with Gasteiger partial charge in [0.1, 0.15) is 6.61 Å². The summed E-state index contributed by atoms with van der Waals surface area (Å²) < 4.78 is 11.2. The number of benzene rings is 1. The van der Waals surface area contributed by atoms with E-state index in [4.69, 9.17) is 9.47 Å². The third-order valence-electron chi connectivity index (χ3n) is 3.26. The minimum Gasteiger partial charge on any atom is -0.488 e. The summed E-state index contributed by atoms with van der Waals surface area (Å²) in [5.74, 6) is -0.885. The Morgan fingerprint density at radius 3 is 3.00 bits per heavy atom. The Bertz CT molecular complexity index is 638. The van der Waals surface area contributed by atoms with Gasteiger partial charge in [-0.25, -0.2) is 4.79 Å². The van der Waals surface area contributed by atoms with Crippen LogP contribution in [0.5, 0.6) is 5.75 Å². The zero-order valence-corrected chi connectivity index (χ0v) is 10.8. The number of nitrogens with zero attached hydrogens (tertiary/aromatic N) is 2. The van der Waals surface area contributed by atoms with Crippen molar-refractivity contribution in [3.8, 4) is 5.75 Å². The van der Waals surface area contributed by atoms with E-state index >= 15 is 0 Å². The molecule has 0 amide bonds. The van der Waals surface area contributed by atoms with Crippen LogP contribution in [0.15, 0.2) is 24.3 Å². The highest BCUT2D eigenvalue weighted by Gasteiger charge is 2.21. The van der Waals surface area contributed by atoms with Crippen molar-refractivity contribution in [2.45, 2.75) is 18.9 Å². The molecule has 1 aromatic carbocycles. The number of rotatable bonds is 4. The summed E-state index contributed by atoms with van der Waals surface area (Å²) in [6.45, 7) is 1.06. The number of aromatic nitrogens is 2. The second-order valence-corrected chi connectivity index (χ2v) is 4.65. The Kier molecular flexibility index (Phi) is 3.47. The zero-order chi connectivity index (χ0) is 13.9. The Hall–Kier alpha value is -2.21. The topological polar surface area (TPSA) is 81.5 Å². The van der Waals surface area contributed by atoms with Crippen LogP contribution in [0, 0.1) is 0 Å². The molecule has 1 atom stereocenters. The normalized spacial score (nSPS) is 18.3. The summed E-state index contributed by atoms with van der Waals surface area (Å²) in [6.07, 6.45) is 1.96. The molecule has 1 N–H and O–H groups in total. The third kappa shape index (κ3) is 2.42. The number of ether oxygens (including phenoxy) is 2. The molecule has 0 radical (unpaired) electrons. The fourth-order valence-corrected chi connectivity index (χ4v) is 2.27. The average molecular weight is 274 g/mol. The van der Waals surface area contributed by atoms with Crippen molar-refractivity contribution in [3.05, 3.63) is 30.0 Å². The van der Waals surface area contributed by atoms with Gasteiger partial charge in [-0.05, 0) is 25.0 Å². The molecule has 0 bridgehead atoms. The van der Waals surface area contributed by atoms with E-state index in [2.05, 4.69) is 10.2 Å². The van der Waals surface area contributed by atoms with Crippen LogP contribution in [0.2, 0.25) is 0 Å². The van der Waals surface area contributed by atoms with Crippen LogP contribution >= 0.6 is 0 Å². The summed E-state index contributed by atoms with van der Waals surface area (Å²) in [4.78, 5) is 11.2. The van der Waals surface area contributed by atoms with Crippen LogP contribution in [0.4, 0.5) is 0 Å². The van der Waals surface area contributed by atoms with Crippen LogP contribution < -0.4 is 4.74 Å². The van der Waals surface area contributed by atoms with Gasteiger partial charge in [0.25, 0.3) is 0 Å². The molecule has 0 saturated carbocycles. The highest BCUT2D eigenvalue weighted by molar-refractivity contribution is 5.96. The molecule has 6 heteroatoms. The van der Waals surface area contributed by atoms with Crippen molar-refractivity contribution in [2.24, 2.45) is 0 Å². The molecule has 20 heavy (non-hydrogen) atoms. The summed E-state index contributed by atoms with van der Waals surface area (Å²) in [6, 6.07) is 7.18. The van der Waals surface area contributed by atoms with E-state index in [0.29, 0.717) is 17.5 Å². The number of carboxylic acids is 1. The molecule has 6 nitrogen and oxygen atoms in total. The predicted octanol–water partition coefficient (Wildman–Crippen LogP) is 1.89. The Morgan fingerprint density at radius 2 is 2.25 bits per heavy atom. The van der Waals surface area contributed by atoms with Crippen LogP contribution in [-0.2, 0) is 4.74 Å². The van der Waals surface area contributed by atoms with Gasteiger partial charge < -0.3 is 14.6 Å². The molecular formula is C14H14N2O4. The summed E-state index contributed by atoms with van der Waals surface area (Å²) in [5.41, 5.74) is 0.446. The van der Waals surface area contributed by atoms with Gasteiger partial charge in [0.05, 0.1) is 11.6 Å². The lowest BCUT2D eigenvalue weighted by atomic mass is 10.2. The van der Waals surface area contributed by atoms with Crippen LogP contribution in [-0.4, -0.2) is 40.6 Å². The molecule has 0 spiro atoms. The van der Waals surface area contributed by atoms with Crippen LogP contribution in [0.25, 0.3) is 10.9 Å². The van der Waals surface area contributed by atoms with Gasteiger partial charge in [-0.2, -0.15) is 0 Å². The second kappa shape index (κ2) is 5.42. The largest absolute Gasteiger partial charge is 0.488 e. The van der Waals surface area contributed by atoms with Crippen molar-refractivity contribution in [2.75, 3.05) is 13.2 Å². The smallest absolute Gasteiger partial charge is 0.360 e. The lowest BCUT2D eigenvalue weighted by molar-refractivity contribution is 0.0626. The van der Waals surface area contributed by atoms with E-state index in [-0.39, 0.29) is 17.5 Å². The van der Waals surface area contributed by atoms with E-state index in [1.807, 2.05) is 12.1 Å². The first-order valence-corrected chi connectivity index (χ1v) is 6.49. The van der Waals surface area contributed by atoms with E-state index in [0.717, 1.165) is 19.4 Å². The number of hydrogen-bond acceptors (Lipinski definition) is 5. The fourth-order valence-electron chi connectivity index (χ4n) is 2.27. The Labute approximate surface area is 115 Å². The number of hydrogen-bond donors (Lipinski definition) is 1. The highest BCUT2D eigenvalue weighted by atomic mass is 16.5. The highest BCUT2D eigenvalue weighted by Crippen LogP contribution is 2.27. The molecule has 0 aliphatic carbocycles. The van der Waals surface area contributed by atoms with Crippen molar-refractivity contribution in [3.63, 3.8) is 0 Å². The van der Waals surface area contributed by atoms with Gasteiger partial charge in [0.15, 0.2) is 5.75 Å². The number of aromatic carboxylic acids is 1. The lowest BCUT2D eigenvalue weighted by Gasteiger charge is -2.14. The van der Waals surface area contributed by atoms with Crippen molar-refractivity contribution < 1.29 is 19.4 Å². The first kappa shape index (κ1) is 12.8.